The summed E-state index contributed by atoms with van der Waals surface area (Å²) in [5.74, 6) is 0. The molecule has 25 heavy (non-hydrogen) atoms. The normalized spacial score (nSPS) is 15.3. The van der Waals surface area contributed by atoms with E-state index < -0.39 is 27.2 Å². The molecule has 2 unspecified atom stereocenters. The van der Waals surface area contributed by atoms with Crippen LogP contribution in [0.25, 0.3) is 0 Å². The van der Waals surface area contributed by atoms with E-state index >= 15 is 0 Å². The first-order chi connectivity index (χ1) is 11.9. The minimum absolute atomic E-state index is 0.235. The van der Waals surface area contributed by atoms with Crippen molar-refractivity contribution in [3.05, 3.63) is 77.7 Å². The van der Waals surface area contributed by atoms with Gasteiger partial charge in [-0.1, -0.05) is 24.3 Å². The van der Waals surface area contributed by atoms with Crippen molar-refractivity contribution in [1.29, 1.82) is 0 Å². The Morgan fingerprint density at radius 1 is 0.960 bits per heavy atom. The molecule has 6 heteroatoms. The molecule has 2 aromatic rings. The zero-order valence-electron chi connectivity index (χ0n) is 13.8. The highest BCUT2D eigenvalue weighted by Gasteiger charge is 2.38. The zero-order chi connectivity index (χ0) is 18.4. The van der Waals surface area contributed by atoms with Crippen LogP contribution in [0.4, 0.5) is 13.2 Å². The van der Waals surface area contributed by atoms with Crippen LogP contribution < -0.4 is 0 Å². The Bertz CT molecular complexity index is 779. The van der Waals surface area contributed by atoms with Crippen molar-refractivity contribution in [3.8, 4) is 0 Å². The van der Waals surface area contributed by atoms with Gasteiger partial charge < -0.3 is 0 Å². The Hall–Kier alpha value is -1.79. The van der Waals surface area contributed by atoms with Crippen LogP contribution in [0.1, 0.15) is 13.8 Å². The molecule has 0 aliphatic carbocycles. The molecule has 0 saturated carbocycles. The summed E-state index contributed by atoms with van der Waals surface area (Å²) in [6, 6.07) is 15.6. The van der Waals surface area contributed by atoms with Gasteiger partial charge in [0.2, 0.25) is 0 Å². The third-order valence-corrected chi connectivity index (χ3v) is 6.76. The molecule has 0 heterocycles. The topological polar surface area (TPSA) is 17.1 Å². The lowest BCUT2D eigenvalue weighted by molar-refractivity contribution is -0.0384. The van der Waals surface area contributed by atoms with Crippen LogP contribution in [0.5, 0.6) is 0 Å². The van der Waals surface area contributed by atoms with Crippen LogP contribution in [0.15, 0.2) is 92.4 Å². The zero-order valence-corrected chi connectivity index (χ0v) is 15.4. The number of allylic oxidation sites excluding steroid dienone is 3. The highest BCUT2D eigenvalue weighted by molar-refractivity contribution is 8.00. The molecule has 0 spiro atoms. The molecule has 0 aliphatic heterocycles. The molecule has 2 aromatic carbocycles. The van der Waals surface area contributed by atoms with E-state index in [9.17, 15) is 17.4 Å². The van der Waals surface area contributed by atoms with Gasteiger partial charge in [-0.05, 0) is 62.4 Å². The van der Waals surface area contributed by atoms with Gasteiger partial charge in [-0.25, -0.2) is 4.21 Å². The Kier molecular flexibility index (Phi) is 6.67. The third-order valence-electron chi connectivity index (χ3n) is 3.31. The maximum absolute atomic E-state index is 12.6. The molecule has 0 amide bonds. The Morgan fingerprint density at radius 2 is 1.52 bits per heavy atom. The lowest BCUT2D eigenvalue weighted by atomic mass is 10.4. The van der Waals surface area contributed by atoms with Crippen LogP contribution in [0, 0.1) is 0 Å². The summed E-state index contributed by atoms with van der Waals surface area (Å²) in [5.41, 5.74) is -4.75. The smallest absolute Gasteiger partial charge is 0.245 e. The second-order valence-corrected chi connectivity index (χ2v) is 8.49. The third kappa shape index (κ3) is 4.86. The molecule has 0 aliphatic rings. The van der Waals surface area contributed by atoms with Gasteiger partial charge in [0.15, 0.2) is 25.5 Å². The Labute approximate surface area is 151 Å². The summed E-state index contributed by atoms with van der Waals surface area (Å²) in [7, 11) is -3.45. The van der Waals surface area contributed by atoms with E-state index in [0.717, 1.165) is 14.7 Å². The number of hydrogen-bond donors (Lipinski definition) is 0. The standard InChI is InChI=1S/C19H18F3OS2/c1-3-8-15(4-2)24(16-9-6-5-7-10-16)17-11-13-18(14-12-17)25(23)19(20,21)22/h3-14H,1-2H3/q+1/b8-3-,15-4+. The molecule has 0 N–H and O–H groups in total. The first kappa shape index (κ1) is 19.5. The van der Waals surface area contributed by atoms with Gasteiger partial charge >= 0.3 is 5.51 Å². The lowest BCUT2D eigenvalue weighted by Crippen LogP contribution is -2.16. The molecule has 0 radical (unpaired) electrons. The largest absolute Gasteiger partial charge is 0.475 e. The maximum Gasteiger partial charge on any atom is 0.475 e. The molecular weight excluding hydrogens is 365 g/mol. The summed E-state index contributed by atoms with van der Waals surface area (Å²) in [6.45, 7) is 3.86. The van der Waals surface area contributed by atoms with E-state index in [1.165, 1.54) is 12.1 Å². The predicted octanol–water partition coefficient (Wildman–Crippen LogP) is 5.83. The van der Waals surface area contributed by atoms with Crippen molar-refractivity contribution in [1.82, 2.24) is 0 Å². The molecule has 0 bridgehead atoms. The van der Waals surface area contributed by atoms with E-state index in [4.69, 9.17) is 0 Å². The van der Waals surface area contributed by atoms with Crippen molar-refractivity contribution < 1.29 is 17.4 Å². The minimum atomic E-state index is -4.75. The highest BCUT2D eigenvalue weighted by atomic mass is 32.2. The van der Waals surface area contributed by atoms with Gasteiger partial charge in [0.1, 0.15) is 0 Å². The molecule has 2 atom stereocenters. The summed E-state index contributed by atoms with van der Waals surface area (Å²) in [5, 5.41) is 0. The molecule has 1 nitrogen and oxygen atoms in total. The number of hydrogen-bond acceptors (Lipinski definition) is 1. The first-order valence-electron chi connectivity index (χ1n) is 7.55. The molecular formula is C19H18F3OS2+. The summed E-state index contributed by atoms with van der Waals surface area (Å²) in [4.78, 5) is 2.78. The van der Waals surface area contributed by atoms with Crippen molar-refractivity contribution in [3.63, 3.8) is 0 Å². The Morgan fingerprint density at radius 3 is 2.00 bits per heavy atom. The molecule has 2 rings (SSSR count). The summed E-state index contributed by atoms with van der Waals surface area (Å²) >= 11 is 0. The van der Waals surface area contributed by atoms with E-state index in [2.05, 4.69) is 0 Å². The van der Waals surface area contributed by atoms with Crippen molar-refractivity contribution in [2.75, 3.05) is 0 Å². The van der Waals surface area contributed by atoms with Crippen LogP contribution in [0.2, 0.25) is 0 Å². The first-order valence-corrected chi connectivity index (χ1v) is 9.93. The number of halogens is 3. The molecule has 0 aromatic heterocycles. The summed E-state index contributed by atoms with van der Waals surface area (Å²) in [6.07, 6.45) is 5.93. The van der Waals surface area contributed by atoms with Crippen molar-refractivity contribution >= 4 is 21.7 Å². The van der Waals surface area contributed by atoms with Gasteiger partial charge in [0.05, 0.1) is 10.9 Å². The van der Waals surface area contributed by atoms with E-state index in [1.807, 2.05) is 62.4 Å². The van der Waals surface area contributed by atoms with Gasteiger partial charge in [-0.15, -0.1) is 0 Å². The molecule has 0 saturated heterocycles. The van der Waals surface area contributed by atoms with Gasteiger partial charge in [-0.2, -0.15) is 13.2 Å². The fraction of sp³-hybridized carbons (Fsp3) is 0.158. The second kappa shape index (κ2) is 8.54. The Balaban J connectivity index is 2.47. The predicted molar refractivity (Wildman–Crippen MR) is 97.8 cm³/mol. The fourth-order valence-electron chi connectivity index (χ4n) is 2.24. The number of benzene rings is 2. The highest BCUT2D eigenvalue weighted by Crippen LogP contribution is 2.33. The van der Waals surface area contributed by atoms with E-state index in [0.29, 0.717) is 0 Å². The van der Waals surface area contributed by atoms with Gasteiger partial charge in [-0.3, -0.25) is 0 Å². The quantitative estimate of drug-likeness (QED) is 0.469. The SMILES string of the molecule is C/C=C\C(=C/C)[S+](c1ccccc1)c1ccc(S(=O)C(F)(F)F)cc1. The van der Waals surface area contributed by atoms with Crippen molar-refractivity contribution in [2.45, 2.75) is 34.0 Å². The van der Waals surface area contributed by atoms with Gasteiger partial charge in [0.25, 0.3) is 0 Å². The number of alkyl halides is 3. The fourth-order valence-corrected chi connectivity index (χ4v) is 5.06. The summed E-state index contributed by atoms with van der Waals surface area (Å²) < 4.78 is 49.4. The van der Waals surface area contributed by atoms with Crippen molar-refractivity contribution in [2.24, 2.45) is 0 Å². The maximum atomic E-state index is 12.6. The minimum Gasteiger partial charge on any atom is -0.245 e. The lowest BCUT2D eigenvalue weighted by Gasteiger charge is -2.10. The number of rotatable bonds is 5. The van der Waals surface area contributed by atoms with E-state index in [-0.39, 0.29) is 4.90 Å². The van der Waals surface area contributed by atoms with Gasteiger partial charge in [0, 0.05) is 4.90 Å². The van der Waals surface area contributed by atoms with Crippen LogP contribution in [0.3, 0.4) is 0 Å². The van der Waals surface area contributed by atoms with E-state index in [1.54, 1.807) is 12.1 Å². The molecule has 132 valence electrons. The monoisotopic (exact) mass is 383 g/mol. The van der Waals surface area contributed by atoms with Crippen LogP contribution >= 0.6 is 0 Å². The van der Waals surface area contributed by atoms with Crippen LogP contribution in [-0.2, 0) is 21.7 Å². The average molecular weight is 383 g/mol. The average Bonchev–Trinajstić information content (AvgIpc) is 2.61. The second-order valence-electron chi connectivity index (χ2n) is 5.00. The molecule has 0 fully saturated rings. The van der Waals surface area contributed by atoms with Crippen LogP contribution in [-0.4, -0.2) is 9.72 Å².